The zero-order valence-electron chi connectivity index (χ0n) is 12.0. The van der Waals surface area contributed by atoms with Crippen molar-refractivity contribution in [2.75, 3.05) is 32.8 Å². The van der Waals surface area contributed by atoms with Crippen LogP contribution in [0.5, 0.6) is 0 Å². The lowest BCUT2D eigenvalue weighted by atomic mass is 9.88. The minimum absolute atomic E-state index is 0.175. The van der Waals surface area contributed by atoms with Gasteiger partial charge in [-0.1, -0.05) is 0 Å². The first kappa shape index (κ1) is 12.6. The summed E-state index contributed by atoms with van der Waals surface area (Å²) in [4.78, 5) is 2.66. The van der Waals surface area contributed by atoms with Crippen molar-refractivity contribution in [3.05, 3.63) is 0 Å². The normalized spacial score (nSPS) is 35.1. The summed E-state index contributed by atoms with van der Waals surface area (Å²) in [5.74, 6) is 1.89. The second kappa shape index (κ2) is 5.01. The molecule has 19 heavy (non-hydrogen) atoms. The molecule has 2 heterocycles. The molecule has 2 saturated heterocycles. The molecule has 1 atom stereocenters. The molecule has 0 amide bonds. The van der Waals surface area contributed by atoms with Crippen molar-refractivity contribution in [3.63, 3.8) is 0 Å². The summed E-state index contributed by atoms with van der Waals surface area (Å²) in [5.41, 5.74) is 0.175. The number of ether oxygens (including phenoxy) is 2. The van der Waals surface area contributed by atoms with E-state index in [2.05, 4.69) is 4.90 Å². The Bertz CT molecular complexity index is 317. The van der Waals surface area contributed by atoms with Crippen molar-refractivity contribution in [3.8, 4) is 0 Å². The zero-order valence-corrected chi connectivity index (χ0v) is 12.0. The third-order valence-corrected chi connectivity index (χ3v) is 5.42. The lowest BCUT2D eigenvalue weighted by Crippen LogP contribution is -2.44. The SMILES string of the molecule is C1CC1CO[C@@H]1COC2(CCN(CC3CC3)CC2)C1. The van der Waals surface area contributed by atoms with Gasteiger partial charge < -0.3 is 14.4 Å². The molecule has 1 spiro atoms. The van der Waals surface area contributed by atoms with E-state index in [1.54, 1.807) is 0 Å². The molecule has 2 saturated carbocycles. The van der Waals surface area contributed by atoms with Crippen LogP contribution in [0.1, 0.15) is 44.9 Å². The van der Waals surface area contributed by atoms with Crippen molar-refractivity contribution in [2.45, 2.75) is 56.7 Å². The Morgan fingerprint density at radius 3 is 2.47 bits per heavy atom. The maximum Gasteiger partial charge on any atom is 0.0836 e. The van der Waals surface area contributed by atoms with Crippen LogP contribution >= 0.6 is 0 Å². The molecule has 4 rings (SSSR count). The fourth-order valence-electron chi connectivity index (χ4n) is 3.62. The van der Waals surface area contributed by atoms with Gasteiger partial charge in [0.2, 0.25) is 0 Å². The van der Waals surface area contributed by atoms with Crippen LogP contribution in [-0.2, 0) is 9.47 Å². The van der Waals surface area contributed by atoms with Crippen LogP contribution in [-0.4, -0.2) is 49.5 Å². The zero-order chi connectivity index (χ0) is 12.7. The van der Waals surface area contributed by atoms with Gasteiger partial charge in [-0.3, -0.25) is 0 Å². The second-order valence-corrected chi connectivity index (χ2v) is 7.34. The van der Waals surface area contributed by atoms with Crippen LogP contribution in [0.3, 0.4) is 0 Å². The molecule has 0 aromatic heterocycles. The smallest absolute Gasteiger partial charge is 0.0836 e. The van der Waals surface area contributed by atoms with Gasteiger partial charge in [0.05, 0.1) is 18.3 Å². The van der Waals surface area contributed by atoms with Crippen molar-refractivity contribution in [2.24, 2.45) is 11.8 Å². The van der Waals surface area contributed by atoms with E-state index in [1.807, 2.05) is 0 Å². The van der Waals surface area contributed by atoms with Crippen LogP contribution in [0.4, 0.5) is 0 Å². The van der Waals surface area contributed by atoms with Gasteiger partial charge in [-0.2, -0.15) is 0 Å². The average molecular weight is 265 g/mol. The number of piperidine rings is 1. The maximum atomic E-state index is 6.16. The van der Waals surface area contributed by atoms with E-state index < -0.39 is 0 Å². The van der Waals surface area contributed by atoms with Crippen molar-refractivity contribution in [1.29, 1.82) is 0 Å². The quantitative estimate of drug-likeness (QED) is 0.762. The second-order valence-electron chi connectivity index (χ2n) is 7.34. The van der Waals surface area contributed by atoms with Crippen molar-refractivity contribution in [1.82, 2.24) is 4.90 Å². The highest BCUT2D eigenvalue weighted by atomic mass is 16.6. The van der Waals surface area contributed by atoms with Crippen LogP contribution in [0, 0.1) is 11.8 Å². The van der Waals surface area contributed by atoms with Gasteiger partial charge in [-0.15, -0.1) is 0 Å². The van der Waals surface area contributed by atoms with Gasteiger partial charge in [-0.25, -0.2) is 0 Å². The number of rotatable bonds is 5. The van der Waals surface area contributed by atoms with E-state index >= 15 is 0 Å². The van der Waals surface area contributed by atoms with Gasteiger partial charge in [0, 0.05) is 32.7 Å². The number of hydrogen-bond acceptors (Lipinski definition) is 3. The highest BCUT2D eigenvalue weighted by Crippen LogP contribution is 2.39. The Morgan fingerprint density at radius 2 is 1.79 bits per heavy atom. The minimum Gasteiger partial charge on any atom is -0.375 e. The third kappa shape index (κ3) is 3.14. The maximum absolute atomic E-state index is 6.16. The first-order chi connectivity index (χ1) is 9.31. The van der Waals surface area contributed by atoms with Gasteiger partial charge in [0.25, 0.3) is 0 Å². The number of nitrogens with zero attached hydrogens (tertiary/aromatic N) is 1. The monoisotopic (exact) mass is 265 g/mol. The Balaban J connectivity index is 1.23. The summed E-state index contributed by atoms with van der Waals surface area (Å²) in [5, 5.41) is 0. The molecule has 0 N–H and O–H groups in total. The van der Waals surface area contributed by atoms with Crippen molar-refractivity contribution < 1.29 is 9.47 Å². The molecular weight excluding hydrogens is 238 g/mol. The van der Waals surface area contributed by atoms with Crippen LogP contribution < -0.4 is 0 Å². The van der Waals surface area contributed by atoms with E-state index in [0.29, 0.717) is 6.10 Å². The Hall–Kier alpha value is -0.120. The molecule has 2 aliphatic carbocycles. The van der Waals surface area contributed by atoms with E-state index in [4.69, 9.17) is 9.47 Å². The lowest BCUT2D eigenvalue weighted by Gasteiger charge is -2.38. The molecule has 0 aromatic carbocycles. The fraction of sp³-hybridized carbons (Fsp3) is 1.00. The molecule has 4 fully saturated rings. The summed E-state index contributed by atoms with van der Waals surface area (Å²) >= 11 is 0. The first-order valence-corrected chi connectivity index (χ1v) is 8.29. The standard InChI is InChI=1S/C16H27NO2/c1-2-13(1)10-17-7-5-16(6-8-17)9-15(12-19-16)18-11-14-3-4-14/h13-15H,1-12H2/t15-/m0/s1. The van der Waals surface area contributed by atoms with Crippen molar-refractivity contribution >= 4 is 0 Å². The summed E-state index contributed by atoms with van der Waals surface area (Å²) in [6.45, 7) is 5.66. The summed E-state index contributed by atoms with van der Waals surface area (Å²) in [6, 6.07) is 0. The van der Waals surface area contributed by atoms with Gasteiger partial charge >= 0.3 is 0 Å². The molecule has 3 nitrogen and oxygen atoms in total. The van der Waals surface area contributed by atoms with Crippen LogP contribution in [0.25, 0.3) is 0 Å². The van der Waals surface area contributed by atoms with Crippen LogP contribution in [0.15, 0.2) is 0 Å². The molecule has 0 aromatic rings. The minimum atomic E-state index is 0.175. The average Bonchev–Trinajstić information content (AvgIpc) is 3.33. The molecule has 3 heteroatoms. The third-order valence-electron chi connectivity index (χ3n) is 5.42. The summed E-state index contributed by atoms with van der Waals surface area (Å²) in [7, 11) is 0. The molecule has 2 aliphatic heterocycles. The number of hydrogen-bond donors (Lipinski definition) is 0. The molecule has 0 bridgehead atoms. The predicted octanol–water partition coefficient (Wildman–Crippen LogP) is 2.45. The fourth-order valence-corrected chi connectivity index (χ4v) is 3.62. The predicted molar refractivity (Wildman–Crippen MR) is 74.2 cm³/mol. The van der Waals surface area contributed by atoms with Gasteiger partial charge in [0.1, 0.15) is 0 Å². The number of likely N-dealkylation sites (tertiary alicyclic amines) is 1. The lowest BCUT2D eigenvalue weighted by molar-refractivity contribution is -0.0459. The van der Waals surface area contributed by atoms with Gasteiger partial charge in [0.15, 0.2) is 0 Å². The highest BCUT2D eigenvalue weighted by molar-refractivity contribution is 4.95. The van der Waals surface area contributed by atoms with Gasteiger partial charge in [-0.05, 0) is 50.4 Å². The van der Waals surface area contributed by atoms with E-state index in [0.717, 1.165) is 31.5 Å². The molecule has 0 radical (unpaired) electrons. The van der Waals surface area contributed by atoms with Crippen LogP contribution in [0.2, 0.25) is 0 Å². The molecule has 4 aliphatic rings. The molecule has 0 unspecified atom stereocenters. The van der Waals surface area contributed by atoms with E-state index in [-0.39, 0.29) is 5.60 Å². The topological polar surface area (TPSA) is 21.7 Å². The Kier molecular flexibility index (Phi) is 3.33. The Morgan fingerprint density at radius 1 is 1.05 bits per heavy atom. The molecule has 108 valence electrons. The summed E-state index contributed by atoms with van der Waals surface area (Å²) in [6.07, 6.45) is 9.69. The highest BCUT2D eigenvalue weighted by Gasteiger charge is 2.43. The first-order valence-electron chi connectivity index (χ1n) is 8.29. The largest absolute Gasteiger partial charge is 0.375 e. The van der Waals surface area contributed by atoms with E-state index in [1.165, 1.54) is 58.2 Å². The molecular formula is C16H27NO2. The summed E-state index contributed by atoms with van der Waals surface area (Å²) < 4.78 is 12.2. The van der Waals surface area contributed by atoms with E-state index in [9.17, 15) is 0 Å². The Labute approximate surface area is 116 Å².